The van der Waals surface area contributed by atoms with Crippen molar-refractivity contribution in [3.63, 3.8) is 0 Å². The van der Waals surface area contributed by atoms with Gasteiger partial charge in [0, 0.05) is 6.54 Å². The van der Waals surface area contributed by atoms with Crippen molar-refractivity contribution in [3.8, 4) is 0 Å². The van der Waals surface area contributed by atoms with Crippen LogP contribution < -0.4 is 0 Å². The molecule has 6 nitrogen and oxygen atoms in total. The van der Waals surface area contributed by atoms with Gasteiger partial charge in [-0.3, -0.25) is 9.59 Å². The second-order valence-electron chi connectivity index (χ2n) is 4.00. The molecule has 1 rings (SSSR count). The number of hydrogen-bond acceptors (Lipinski definition) is 4. The summed E-state index contributed by atoms with van der Waals surface area (Å²) in [6.45, 7) is 3.12. The molecule has 0 spiro atoms. The molecular formula is C10H15NO5S. The van der Waals surface area contributed by atoms with E-state index in [1.54, 1.807) is 0 Å². The van der Waals surface area contributed by atoms with Crippen LogP contribution in [0.25, 0.3) is 0 Å². The smallest absolute Gasteiger partial charge is 0.323 e. The van der Waals surface area contributed by atoms with E-state index in [2.05, 4.69) is 6.58 Å². The lowest BCUT2D eigenvalue weighted by molar-refractivity contribution is -0.145. The fourth-order valence-electron chi connectivity index (χ4n) is 1.80. The number of rotatable bonds is 5. The Labute approximate surface area is 99.8 Å². The molecule has 0 aliphatic carbocycles. The van der Waals surface area contributed by atoms with Crippen LogP contribution in [-0.2, 0) is 19.4 Å². The van der Waals surface area contributed by atoms with Gasteiger partial charge in [-0.2, -0.15) is 0 Å². The molecule has 1 fully saturated rings. The van der Waals surface area contributed by atoms with E-state index in [4.69, 9.17) is 5.11 Å². The van der Waals surface area contributed by atoms with E-state index >= 15 is 0 Å². The van der Waals surface area contributed by atoms with Gasteiger partial charge in [0.2, 0.25) is 5.91 Å². The van der Waals surface area contributed by atoms with Gasteiger partial charge in [-0.05, 0) is 6.42 Å². The fraction of sp³-hybridized carbons (Fsp3) is 0.600. The highest BCUT2D eigenvalue weighted by atomic mass is 32.2. The third-order valence-electron chi connectivity index (χ3n) is 2.57. The van der Waals surface area contributed by atoms with Gasteiger partial charge in [-0.15, -0.1) is 6.58 Å². The van der Waals surface area contributed by atoms with Gasteiger partial charge in [0.25, 0.3) is 0 Å². The van der Waals surface area contributed by atoms with Crippen molar-refractivity contribution >= 4 is 21.7 Å². The predicted octanol–water partition coefficient (Wildman–Crippen LogP) is -0.480. The number of carboxylic acid groups (broad SMARTS) is 1. The van der Waals surface area contributed by atoms with Gasteiger partial charge in [-0.1, -0.05) is 6.08 Å². The molecule has 1 unspecified atom stereocenters. The lowest BCUT2D eigenvalue weighted by atomic mass is 10.1. The Kier molecular flexibility index (Phi) is 4.28. The van der Waals surface area contributed by atoms with Crippen LogP contribution in [0.5, 0.6) is 0 Å². The molecule has 0 aromatic carbocycles. The van der Waals surface area contributed by atoms with Crippen LogP contribution in [0.4, 0.5) is 0 Å². The van der Waals surface area contributed by atoms with Crippen LogP contribution >= 0.6 is 0 Å². The first-order chi connectivity index (χ1) is 7.85. The largest absolute Gasteiger partial charge is 0.480 e. The van der Waals surface area contributed by atoms with Crippen LogP contribution in [0.1, 0.15) is 6.42 Å². The van der Waals surface area contributed by atoms with E-state index < -0.39 is 34.2 Å². The van der Waals surface area contributed by atoms with Gasteiger partial charge in [-0.25, -0.2) is 8.42 Å². The maximum absolute atomic E-state index is 11.9. The van der Waals surface area contributed by atoms with Gasteiger partial charge < -0.3 is 10.0 Å². The molecule has 1 heterocycles. The predicted molar refractivity (Wildman–Crippen MR) is 61.2 cm³/mol. The van der Waals surface area contributed by atoms with Crippen LogP contribution in [0.2, 0.25) is 0 Å². The Morgan fingerprint density at radius 2 is 2.12 bits per heavy atom. The van der Waals surface area contributed by atoms with Crippen molar-refractivity contribution in [2.24, 2.45) is 5.92 Å². The zero-order valence-corrected chi connectivity index (χ0v) is 10.1. The first kappa shape index (κ1) is 13.7. The number of carbonyl (C=O) groups excluding carboxylic acids is 1. The fourth-order valence-corrected chi connectivity index (χ4v) is 3.53. The topological polar surface area (TPSA) is 91.8 Å². The third kappa shape index (κ3) is 3.85. The summed E-state index contributed by atoms with van der Waals surface area (Å²) < 4.78 is 22.5. The minimum Gasteiger partial charge on any atom is -0.480 e. The highest BCUT2D eigenvalue weighted by Gasteiger charge is 2.35. The number of carboxylic acids is 1. The number of sulfone groups is 1. The minimum atomic E-state index is -3.14. The summed E-state index contributed by atoms with van der Waals surface area (Å²) in [4.78, 5) is 23.6. The molecule has 0 saturated carbocycles. The zero-order valence-electron chi connectivity index (χ0n) is 9.33. The van der Waals surface area contributed by atoms with Gasteiger partial charge in [0.15, 0.2) is 9.84 Å². The SMILES string of the molecule is C=CCN(CC(=O)O)C(=O)C1CCS(=O)(=O)C1. The maximum Gasteiger partial charge on any atom is 0.323 e. The molecule has 0 aromatic rings. The second-order valence-corrected chi connectivity index (χ2v) is 6.23. The highest BCUT2D eigenvalue weighted by Crippen LogP contribution is 2.20. The summed E-state index contributed by atoms with van der Waals surface area (Å²) in [7, 11) is -3.14. The summed E-state index contributed by atoms with van der Waals surface area (Å²) in [6, 6.07) is 0. The van der Waals surface area contributed by atoms with E-state index in [1.807, 2.05) is 0 Å². The molecule has 0 aromatic heterocycles. The molecule has 1 N–H and O–H groups in total. The van der Waals surface area contributed by atoms with Crippen LogP contribution in [0.3, 0.4) is 0 Å². The van der Waals surface area contributed by atoms with Crippen molar-refractivity contribution in [1.29, 1.82) is 0 Å². The molecule has 1 aliphatic rings. The Hall–Kier alpha value is -1.37. The van der Waals surface area contributed by atoms with E-state index in [0.717, 1.165) is 4.90 Å². The van der Waals surface area contributed by atoms with Crippen molar-refractivity contribution in [2.45, 2.75) is 6.42 Å². The summed E-state index contributed by atoms with van der Waals surface area (Å²) in [5, 5.41) is 8.66. The molecule has 0 radical (unpaired) electrons. The van der Waals surface area contributed by atoms with Crippen molar-refractivity contribution in [2.75, 3.05) is 24.6 Å². The van der Waals surface area contributed by atoms with Crippen LogP contribution in [0, 0.1) is 5.92 Å². The normalized spacial score (nSPS) is 22.0. The average molecular weight is 261 g/mol. The summed E-state index contributed by atoms with van der Waals surface area (Å²) in [5.74, 6) is -2.34. The van der Waals surface area contributed by atoms with E-state index in [9.17, 15) is 18.0 Å². The first-order valence-electron chi connectivity index (χ1n) is 5.17. The van der Waals surface area contributed by atoms with E-state index in [1.165, 1.54) is 6.08 Å². The number of amides is 1. The number of carbonyl (C=O) groups is 2. The van der Waals surface area contributed by atoms with Crippen LogP contribution in [-0.4, -0.2) is 54.9 Å². The lowest BCUT2D eigenvalue weighted by Gasteiger charge is -2.21. The standard InChI is InChI=1S/C10H15NO5S/c1-2-4-11(6-9(12)13)10(14)8-3-5-17(15,16)7-8/h2,8H,1,3-7H2,(H,12,13). The minimum absolute atomic E-state index is 0.00158. The molecule has 1 amide bonds. The maximum atomic E-state index is 11.9. The Morgan fingerprint density at radius 3 is 2.53 bits per heavy atom. The van der Waals surface area contributed by atoms with Gasteiger partial charge in [0.05, 0.1) is 17.4 Å². The number of nitrogens with zero attached hydrogens (tertiary/aromatic N) is 1. The molecular weight excluding hydrogens is 246 g/mol. The van der Waals surface area contributed by atoms with Crippen molar-refractivity contribution in [3.05, 3.63) is 12.7 Å². The molecule has 1 atom stereocenters. The summed E-state index contributed by atoms with van der Waals surface area (Å²) >= 11 is 0. The van der Waals surface area contributed by atoms with Crippen molar-refractivity contribution in [1.82, 2.24) is 4.90 Å². The monoisotopic (exact) mass is 261 g/mol. The quantitative estimate of drug-likeness (QED) is 0.675. The molecule has 1 saturated heterocycles. The van der Waals surface area contributed by atoms with Crippen molar-refractivity contribution < 1.29 is 23.1 Å². The molecule has 0 bridgehead atoms. The van der Waals surface area contributed by atoms with Crippen LogP contribution in [0.15, 0.2) is 12.7 Å². The number of aliphatic carboxylic acids is 1. The molecule has 17 heavy (non-hydrogen) atoms. The van der Waals surface area contributed by atoms with Gasteiger partial charge >= 0.3 is 5.97 Å². The van der Waals surface area contributed by atoms with E-state index in [-0.39, 0.29) is 24.5 Å². The highest BCUT2D eigenvalue weighted by molar-refractivity contribution is 7.91. The molecule has 7 heteroatoms. The molecule has 96 valence electrons. The molecule has 1 aliphatic heterocycles. The number of hydrogen-bond donors (Lipinski definition) is 1. The Balaban J connectivity index is 2.71. The first-order valence-corrected chi connectivity index (χ1v) is 7.00. The van der Waals surface area contributed by atoms with Gasteiger partial charge in [0.1, 0.15) is 6.54 Å². The van der Waals surface area contributed by atoms with E-state index in [0.29, 0.717) is 0 Å². The zero-order chi connectivity index (χ0) is 13.1. The summed E-state index contributed by atoms with van der Waals surface area (Å²) in [6.07, 6.45) is 1.69. The average Bonchev–Trinajstić information content (AvgIpc) is 2.56. The second kappa shape index (κ2) is 5.31. The lowest BCUT2D eigenvalue weighted by Crippen LogP contribution is -2.40. The Morgan fingerprint density at radius 1 is 1.47 bits per heavy atom. The summed E-state index contributed by atoms with van der Waals surface area (Å²) in [5.41, 5.74) is 0. The Bertz CT molecular complexity index is 428. The third-order valence-corrected chi connectivity index (χ3v) is 4.34.